The number of carbonyl (C=O) groups excluding carboxylic acids is 1. The lowest BCUT2D eigenvalue weighted by Gasteiger charge is -2.46. The average Bonchev–Trinajstić information content (AvgIpc) is 3.59. The van der Waals surface area contributed by atoms with Gasteiger partial charge < -0.3 is 24.7 Å². The third-order valence-corrected chi connectivity index (χ3v) is 9.03. The van der Waals surface area contributed by atoms with Crippen molar-refractivity contribution in [3.8, 4) is 16.9 Å². The Hall–Kier alpha value is -3.17. The number of hydrogen-bond acceptors (Lipinski definition) is 7. The predicted octanol–water partition coefficient (Wildman–Crippen LogP) is 3.25. The van der Waals surface area contributed by atoms with Crippen LogP contribution in [-0.2, 0) is 9.53 Å². The van der Waals surface area contributed by atoms with E-state index in [2.05, 4.69) is 37.8 Å². The van der Waals surface area contributed by atoms with E-state index >= 15 is 0 Å². The number of nitrogen functional groups attached to an aromatic ring is 1. The summed E-state index contributed by atoms with van der Waals surface area (Å²) in [7, 11) is 1.88. The summed E-state index contributed by atoms with van der Waals surface area (Å²) in [6, 6.07) is 8.96. The molecule has 9 nitrogen and oxygen atoms in total. The van der Waals surface area contributed by atoms with Gasteiger partial charge in [0.1, 0.15) is 35.7 Å². The third kappa shape index (κ3) is 3.95. The second-order valence-corrected chi connectivity index (χ2v) is 11.3. The molecule has 7 rings (SSSR count). The largest absolute Gasteiger partial charge is 0.491 e. The number of amides is 1. The SMILES string of the molecule is CN1CCN(C2CC(n3cc(-c4cccc(OC[C@]56CC[C@@H](CC5)O6)c4)c4c(N)ncnc43)C2)CC1=O. The summed E-state index contributed by atoms with van der Waals surface area (Å²) < 4.78 is 14.7. The fourth-order valence-electron chi connectivity index (χ4n) is 6.63. The number of carbonyl (C=O) groups is 1. The maximum absolute atomic E-state index is 12.2. The molecule has 1 amide bonds. The van der Waals surface area contributed by atoms with Gasteiger partial charge in [-0.3, -0.25) is 9.69 Å². The van der Waals surface area contributed by atoms with E-state index in [4.69, 9.17) is 15.2 Å². The van der Waals surface area contributed by atoms with Crippen LogP contribution >= 0.6 is 0 Å². The van der Waals surface area contributed by atoms with Gasteiger partial charge in [-0.15, -0.1) is 0 Å². The number of benzene rings is 1. The van der Waals surface area contributed by atoms with E-state index in [9.17, 15) is 4.79 Å². The Bertz CT molecular complexity index is 1340. The lowest BCUT2D eigenvalue weighted by Crippen LogP contribution is -2.55. The summed E-state index contributed by atoms with van der Waals surface area (Å²) >= 11 is 0. The first kappa shape index (κ1) is 23.0. The van der Waals surface area contributed by atoms with Crippen LogP contribution in [0.1, 0.15) is 44.6 Å². The van der Waals surface area contributed by atoms with Gasteiger partial charge in [0.2, 0.25) is 5.91 Å². The Morgan fingerprint density at radius 1 is 1.16 bits per heavy atom. The fraction of sp³-hybridized carbons (Fsp3) is 0.536. The monoisotopic (exact) mass is 502 g/mol. The Labute approximate surface area is 216 Å². The maximum Gasteiger partial charge on any atom is 0.236 e. The number of nitrogens with zero attached hydrogens (tertiary/aromatic N) is 5. The van der Waals surface area contributed by atoms with Gasteiger partial charge in [-0.05, 0) is 56.2 Å². The topological polar surface area (TPSA) is 98.7 Å². The number of likely N-dealkylation sites (N-methyl/N-ethyl adjacent to an activating group) is 1. The van der Waals surface area contributed by atoms with Crippen molar-refractivity contribution in [2.24, 2.45) is 0 Å². The average molecular weight is 503 g/mol. The highest BCUT2D eigenvalue weighted by Gasteiger charge is 2.46. The Kier molecular flexibility index (Phi) is 5.40. The van der Waals surface area contributed by atoms with E-state index in [0.29, 0.717) is 37.2 Å². The van der Waals surface area contributed by atoms with Crippen molar-refractivity contribution in [1.82, 2.24) is 24.3 Å². The van der Waals surface area contributed by atoms with Gasteiger partial charge in [-0.25, -0.2) is 9.97 Å². The maximum atomic E-state index is 12.2. The molecule has 4 aliphatic rings. The number of ether oxygens (including phenoxy) is 2. The number of rotatable bonds is 6. The molecular formula is C28H34N6O3. The summed E-state index contributed by atoms with van der Waals surface area (Å²) in [6.45, 7) is 2.84. The zero-order valence-electron chi connectivity index (χ0n) is 21.3. The lowest BCUT2D eigenvalue weighted by molar-refractivity contribution is -0.136. The molecule has 37 heavy (non-hydrogen) atoms. The van der Waals surface area contributed by atoms with E-state index in [1.807, 2.05) is 24.1 Å². The molecule has 2 aromatic heterocycles. The van der Waals surface area contributed by atoms with Crippen molar-refractivity contribution in [2.45, 2.75) is 62.3 Å². The highest BCUT2D eigenvalue weighted by Crippen LogP contribution is 2.45. The van der Waals surface area contributed by atoms with Crippen LogP contribution in [-0.4, -0.2) is 81.3 Å². The molecule has 9 heteroatoms. The lowest BCUT2D eigenvalue weighted by atomic mass is 9.85. The quantitative estimate of drug-likeness (QED) is 0.552. The molecule has 0 radical (unpaired) electrons. The molecule has 1 saturated carbocycles. The van der Waals surface area contributed by atoms with Gasteiger partial charge >= 0.3 is 0 Å². The minimum Gasteiger partial charge on any atom is -0.491 e. The number of piperazine rings is 1. The summed E-state index contributed by atoms with van der Waals surface area (Å²) in [5.74, 6) is 1.53. The molecule has 0 atom stereocenters. The van der Waals surface area contributed by atoms with Gasteiger partial charge in [0, 0.05) is 44.0 Å². The van der Waals surface area contributed by atoms with Gasteiger partial charge in [0.25, 0.3) is 0 Å². The normalized spacial score (nSPS) is 29.7. The highest BCUT2D eigenvalue weighted by atomic mass is 16.6. The van der Waals surface area contributed by atoms with Crippen LogP contribution in [0.2, 0.25) is 0 Å². The molecule has 3 aliphatic heterocycles. The fourth-order valence-corrected chi connectivity index (χ4v) is 6.63. The van der Waals surface area contributed by atoms with E-state index in [0.717, 1.165) is 79.5 Å². The van der Waals surface area contributed by atoms with Crippen molar-refractivity contribution in [3.05, 3.63) is 36.8 Å². The number of hydrogen-bond donors (Lipinski definition) is 1. The molecule has 1 aliphatic carbocycles. The summed E-state index contributed by atoms with van der Waals surface area (Å²) in [5.41, 5.74) is 9.21. The molecule has 0 unspecified atom stereocenters. The van der Waals surface area contributed by atoms with Gasteiger partial charge in [0.05, 0.1) is 18.0 Å². The van der Waals surface area contributed by atoms with E-state index in [1.54, 1.807) is 6.33 Å². The van der Waals surface area contributed by atoms with E-state index in [-0.39, 0.29) is 11.5 Å². The van der Waals surface area contributed by atoms with Gasteiger partial charge in [0.15, 0.2) is 0 Å². The standard InChI is InChI=1S/C28H34N6O3/c1-32-9-10-33(15-24(32)35)19-12-20(13-19)34-14-23(25-26(29)30-17-31-27(25)34)18-3-2-4-22(11-18)36-16-28-7-5-21(37-28)6-8-28/h2-4,11,14,17,19-21H,5-10,12-13,15-16H2,1H3,(H2,29,30,31)/t19?,20?,21-,28-. The summed E-state index contributed by atoms with van der Waals surface area (Å²) in [5, 5.41) is 0.884. The number of anilines is 1. The van der Waals surface area contributed by atoms with Crippen molar-refractivity contribution < 1.29 is 14.3 Å². The third-order valence-electron chi connectivity index (χ3n) is 9.03. The zero-order valence-corrected chi connectivity index (χ0v) is 21.3. The molecule has 3 saturated heterocycles. The molecule has 3 aromatic rings. The van der Waals surface area contributed by atoms with Crippen molar-refractivity contribution in [1.29, 1.82) is 0 Å². The number of fused-ring (bicyclic) bond motifs is 3. The molecule has 0 spiro atoms. The predicted molar refractivity (Wildman–Crippen MR) is 140 cm³/mol. The van der Waals surface area contributed by atoms with Crippen LogP contribution in [0.5, 0.6) is 5.75 Å². The van der Waals surface area contributed by atoms with Crippen molar-refractivity contribution in [3.63, 3.8) is 0 Å². The minimum absolute atomic E-state index is 0.107. The molecule has 2 bridgehead atoms. The minimum atomic E-state index is -0.107. The number of nitrogens with two attached hydrogens (primary N) is 1. The smallest absolute Gasteiger partial charge is 0.236 e. The van der Waals surface area contributed by atoms with Crippen LogP contribution in [0, 0.1) is 0 Å². The Morgan fingerprint density at radius 2 is 2.00 bits per heavy atom. The molecule has 2 N–H and O–H groups in total. The zero-order chi connectivity index (χ0) is 25.1. The van der Waals surface area contributed by atoms with Gasteiger partial charge in [-0.1, -0.05) is 12.1 Å². The van der Waals surface area contributed by atoms with Crippen molar-refractivity contribution in [2.75, 3.05) is 39.0 Å². The second-order valence-electron chi connectivity index (χ2n) is 11.3. The van der Waals surface area contributed by atoms with Crippen LogP contribution in [0.3, 0.4) is 0 Å². The van der Waals surface area contributed by atoms with Gasteiger partial charge in [-0.2, -0.15) is 0 Å². The molecule has 1 aromatic carbocycles. The molecular weight excluding hydrogens is 468 g/mol. The van der Waals surface area contributed by atoms with Crippen LogP contribution in [0.25, 0.3) is 22.2 Å². The van der Waals surface area contributed by atoms with Crippen molar-refractivity contribution >= 4 is 22.8 Å². The molecule has 5 heterocycles. The number of aromatic nitrogens is 3. The highest BCUT2D eigenvalue weighted by molar-refractivity contribution is 6.00. The molecule has 194 valence electrons. The van der Waals surface area contributed by atoms with Crippen LogP contribution < -0.4 is 10.5 Å². The molecule has 4 fully saturated rings. The first-order valence-corrected chi connectivity index (χ1v) is 13.5. The summed E-state index contributed by atoms with van der Waals surface area (Å²) in [6.07, 6.45) is 10.6. The van der Waals surface area contributed by atoms with Crippen LogP contribution in [0.4, 0.5) is 5.82 Å². The van der Waals surface area contributed by atoms with E-state index < -0.39 is 0 Å². The first-order valence-electron chi connectivity index (χ1n) is 13.5. The second kappa shape index (κ2) is 8.70. The first-order chi connectivity index (χ1) is 18.0. The summed E-state index contributed by atoms with van der Waals surface area (Å²) in [4.78, 5) is 25.3. The Morgan fingerprint density at radius 3 is 2.76 bits per heavy atom. The Balaban J connectivity index is 1.13. The van der Waals surface area contributed by atoms with E-state index in [1.165, 1.54) is 0 Å². The van der Waals surface area contributed by atoms with Crippen LogP contribution in [0.15, 0.2) is 36.8 Å².